The molecule has 0 bridgehead atoms. The number of benzene rings is 1. The number of carbonyl (C=O) groups is 1. The van der Waals surface area contributed by atoms with Gasteiger partial charge in [0.05, 0.1) is 13.7 Å². The number of amides is 1. The van der Waals surface area contributed by atoms with E-state index in [1.807, 2.05) is 23.0 Å². The highest BCUT2D eigenvalue weighted by atomic mass is 16.5. The Morgan fingerprint density at radius 1 is 1.17 bits per heavy atom. The fourth-order valence-electron chi connectivity index (χ4n) is 4.42. The zero-order valence-corrected chi connectivity index (χ0v) is 18.3. The average Bonchev–Trinajstić information content (AvgIpc) is 3.22. The maximum Gasteiger partial charge on any atom is 0.240 e. The van der Waals surface area contributed by atoms with Crippen LogP contribution in [0.1, 0.15) is 37.8 Å². The predicted octanol–water partition coefficient (Wildman–Crippen LogP) is 2.02. The van der Waals surface area contributed by atoms with Crippen LogP contribution in [0.5, 0.6) is 5.75 Å². The van der Waals surface area contributed by atoms with Gasteiger partial charge in [-0.25, -0.2) is 0 Å². The first-order valence-corrected chi connectivity index (χ1v) is 10.8. The summed E-state index contributed by atoms with van der Waals surface area (Å²) in [6.45, 7) is 9.35. The highest BCUT2D eigenvalue weighted by Crippen LogP contribution is 2.29. The van der Waals surface area contributed by atoms with Crippen molar-refractivity contribution in [2.75, 3.05) is 33.3 Å². The molecule has 0 aliphatic carbocycles. The minimum absolute atomic E-state index is 0.0877. The van der Waals surface area contributed by atoms with Crippen LogP contribution in [0.2, 0.25) is 0 Å². The Morgan fingerprint density at radius 3 is 2.67 bits per heavy atom. The van der Waals surface area contributed by atoms with Gasteiger partial charge >= 0.3 is 0 Å². The first-order valence-electron chi connectivity index (χ1n) is 10.8. The Hall–Kier alpha value is -2.38. The Bertz CT molecular complexity index is 870. The molecule has 0 radical (unpaired) electrons. The monoisotopic (exact) mass is 411 g/mol. The van der Waals surface area contributed by atoms with Crippen molar-refractivity contribution in [2.24, 2.45) is 5.41 Å². The van der Waals surface area contributed by atoms with Crippen LogP contribution < -0.4 is 15.4 Å². The number of methoxy groups -OCH3 is 1. The predicted molar refractivity (Wildman–Crippen MR) is 116 cm³/mol. The Labute approximate surface area is 178 Å². The molecule has 2 fully saturated rings. The number of nitrogens with zero attached hydrogens (tertiary/aromatic N) is 3. The zero-order valence-electron chi connectivity index (χ0n) is 18.3. The van der Waals surface area contributed by atoms with Gasteiger partial charge in [-0.3, -0.25) is 14.4 Å². The van der Waals surface area contributed by atoms with Crippen molar-refractivity contribution in [2.45, 2.75) is 45.3 Å². The number of nitrogens with one attached hydrogen (secondary N) is 2. The molecule has 2 saturated heterocycles. The lowest BCUT2D eigenvalue weighted by Gasteiger charge is -2.40. The lowest BCUT2D eigenvalue weighted by molar-refractivity contribution is -0.129. The summed E-state index contributed by atoms with van der Waals surface area (Å²) in [5.74, 6) is 1.05. The fourth-order valence-corrected chi connectivity index (χ4v) is 4.42. The number of hydrogen-bond donors (Lipinski definition) is 2. The molecule has 2 aliphatic rings. The van der Waals surface area contributed by atoms with Crippen LogP contribution in [0.3, 0.4) is 0 Å². The molecule has 0 saturated carbocycles. The lowest BCUT2D eigenvalue weighted by Crippen LogP contribution is -2.60. The van der Waals surface area contributed by atoms with E-state index >= 15 is 0 Å². The molecule has 4 rings (SSSR count). The van der Waals surface area contributed by atoms with Crippen molar-refractivity contribution in [1.82, 2.24) is 25.3 Å². The number of rotatable bonds is 5. The molecule has 1 aromatic heterocycles. The fraction of sp³-hybridized carbons (Fsp3) is 0.565. The number of carbonyl (C=O) groups excluding carboxylic acids is 1. The van der Waals surface area contributed by atoms with Gasteiger partial charge in [-0.1, -0.05) is 19.9 Å². The van der Waals surface area contributed by atoms with Crippen molar-refractivity contribution in [1.29, 1.82) is 0 Å². The molecular weight excluding hydrogens is 378 g/mol. The van der Waals surface area contributed by atoms with Crippen LogP contribution in [0.4, 0.5) is 0 Å². The van der Waals surface area contributed by atoms with Crippen LogP contribution in [-0.4, -0.2) is 59.4 Å². The van der Waals surface area contributed by atoms with Crippen LogP contribution in [-0.2, 0) is 17.9 Å². The van der Waals surface area contributed by atoms with Crippen molar-refractivity contribution in [3.8, 4) is 5.75 Å². The van der Waals surface area contributed by atoms with E-state index in [0.29, 0.717) is 6.54 Å². The van der Waals surface area contributed by atoms with E-state index < -0.39 is 5.54 Å². The van der Waals surface area contributed by atoms with Crippen molar-refractivity contribution in [3.05, 3.63) is 47.8 Å². The van der Waals surface area contributed by atoms with Crippen molar-refractivity contribution < 1.29 is 9.53 Å². The quantitative estimate of drug-likeness (QED) is 0.788. The molecule has 3 heterocycles. The summed E-state index contributed by atoms with van der Waals surface area (Å²) in [5.41, 5.74) is 2.05. The number of piperidine rings is 1. The summed E-state index contributed by atoms with van der Waals surface area (Å²) in [4.78, 5) is 15.2. The smallest absolute Gasteiger partial charge is 0.240 e. The normalized spacial score (nSPS) is 21.2. The van der Waals surface area contributed by atoms with Gasteiger partial charge in [0.15, 0.2) is 0 Å². The van der Waals surface area contributed by atoms with Gasteiger partial charge in [-0.05, 0) is 42.0 Å². The second kappa shape index (κ2) is 8.40. The van der Waals surface area contributed by atoms with Gasteiger partial charge in [0.2, 0.25) is 5.91 Å². The highest BCUT2D eigenvalue weighted by molar-refractivity contribution is 5.86. The van der Waals surface area contributed by atoms with Gasteiger partial charge in [-0.15, -0.1) is 0 Å². The van der Waals surface area contributed by atoms with E-state index in [4.69, 9.17) is 4.74 Å². The molecule has 1 amide bonds. The maximum atomic E-state index is 12.8. The molecule has 30 heavy (non-hydrogen) atoms. The van der Waals surface area contributed by atoms with Crippen molar-refractivity contribution in [3.63, 3.8) is 0 Å². The Balaban J connectivity index is 1.41. The van der Waals surface area contributed by atoms with E-state index in [1.54, 1.807) is 13.3 Å². The van der Waals surface area contributed by atoms with Crippen molar-refractivity contribution >= 4 is 5.91 Å². The molecule has 7 nitrogen and oxygen atoms in total. The summed E-state index contributed by atoms with van der Waals surface area (Å²) in [5, 5.41) is 11.1. The molecule has 162 valence electrons. The Kier molecular flexibility index (Phi) is 5.84. The molecule has 2 aromatic rings. The second-order valence-corrected chi connectivity index (χ2v) is 9.41. The molecule has 7 heteroatoms. The molecule has 1 spiro atoms. The molecule has 0 unspecified atom stereocenters. The number of aromatic nitrogens is 2. The van der Waals surface area contributed by atoms with E-state index in [0.717, 1.165) is 56.9 Å². The third-order valence-corrected chi connectivity index (χ3v) is 6.42. The topological polar surface area (TPSA) is 71.4 Å². The molecule has 1 aromatic carbocycles. The molecule has 0 atom stereocenters. The first-order chi connectivity index (χ1) is 14.4. The largest absolute Gasteiger partial charge is 0.496 e. The van der Waals surface area contributed by atoms with Gasteiger partial charge in [0.1, 0.15) is 11.3 Å². The first kappa shape index (κ1) is 20.9. The number of hydrogen-bond acceptors (Lipinski definition) is 5. The van der Waals surface area contributed by atoms with Gasteiger partial charge in [0.25, 0.3) is 0 Å². The van der Waals surface area contributed by atoms with Crippen LogP contribution in [0.15, 0.2) is 36.7 Å². The minimum Gasteiger partial charge on any atom is -0.496 e. The Morgan fingerprint density at radius 2 is 1.97 bits per heavy atom. The van der Waals surface area contributed by atoms with E-state index in [9.17, 15) is 4.79 Å². The van der Waals surface area contributed by atoms with Crippen LogP contribution in [0, 0.1) is 5.41 Å². The van der Waals surface area contributed by atoms with E-state index in [2.05, 4.69) is 46.6 Å². The number of ether oxygens (including phenoxy) is 1. The van der Waals surface area contributed by atoms with E-state index in [1.165, 1.54) is 5.56 Å². The molecule has 2 aliphatic heterocycles. The minimum atomic E-state index is -0.421. The summed E-state index contributed by atoms with van der Waals surface area (Å²) >= 11 is 0. The second-order valence-electron chi connectivity index (χ2n) is 9.41. The maximum absolute atomic E-state index is 12.8. The number of likely N-dealkylation sites (tertiary alicyclic amines) is 1. The summed E-state index contributed by atoms with van der Waals surface area (Å²) < 4.78 is 7.45. The lowest BCUT2D eigenvalue weighted by atomic mass is 9.86. The zero-order chi connectivity index (χ0) is 21.2. The summed E-state index contributed by atoms with van der Waals surface area (Å²) in [6.07, 6.45) is 5.43. The molecular formula is C23H33N5O2. The third-order valence-electron chi connectivity index (χ3n) is 6.42. The summed E-state index contributed by atoms with van der Waals surface area (Å²) in [7, 11) is 1.71. The highest BCUT2D eigenvalue weighted by Gasteiger charge is 2.44. The SMILES string of the molecule is COc1ccc(CN2CCC3(CC2)NCC(C)(C)CNC3=O)cc1Cn1cccn1. The van der Waals surface area contributed by atoms with Gasteiger partial charge < -0.3 is 15.4 Å². The standard InChI is InChI=1S/C23H33N5O2/c1-22(2)16-24-21(29)23(25-17-22)7-11-27(12-8-23)14-18-5-6-20(30-3)19(13-18)15-28-10-4-9-26-28/h4-6,9-10,13,25H,7-8,11-12,14-17H2,1-3H3,(H,24,29). The molecule has 2 N–H and O–H groups in total. The average molecular weight is 412 g/mol. The van der Waals surface area contributed by atoms with Gasteiger partial charge in [-0.2, -0.15) is 5.10 Å². The van der Waals surface area contributed by atoms with Gasteiger partial charge in [0, 0.05) is 50.7 Å². The third kappa shape index (κ3) is 4.52. The summed E-state index contributed by atoms with van der Waals surface area (Å²) in [6, 6.07) is 8.32. The van der Waals surface area contributed by atoms with E-state index in [-0.39, 0.29) is 11.3 Å². The van der Waals surface area contributed by atoms with Crippen LogP contribution in [0.25, 0.3) is 0 Å². The van der Waals surface area contributed by atoms with Crippen LogP contribution >= 0.6 is 0 Å².